The maximum Gasteiger partial charge on any atom is 0.303 e. The predicted molar refractivity (Wildman–Crippen MR) is 83.0 cm³/mol. The van der Waals surface area contributed by atoms with E-state index in [1.165, 1.54) is 22.3 Å². The van der Waals surface area contributed by atoms with Gasteiger partial charge in [-0.3, -0.25) is 4.79 Å². The van der Waals surface area contributed by atoms with E-state index in [2.05, 4.69) is 32.9 Å². The number of carboxylic acids is 1. The Morgan fingerprint density at radius 2 is 1.70 bits per heavy atom. The van der Waals surface area contributed by atoms with Gasteiger partial charge in [-0.1, -0.05) is 32.9 Å². The maximum atomic E-state index is 10.6. The van der Waals surface area contributed by atoms with E-state index in [0.29, 0.717) is 6.42 Å². The SMILES string of the molecule is CCc1cc(CC)c(C(N)CCCC(=O)O)c(CC)c1. The maximum absolute atomic E-state index is 10.6. The van der Waals surface area contributed by atoms with E-state index in [9.17, 15) is 4.79 Å². The Morgan fingerprint density at radius 1 is 1.15 bits per heavy atom. The number of nitrogens with two attached hydrogens (primary N) is 1. The molecular weight excluding hydrogens is 250 g/mol. The summed E-state index contributed by atoms with van der Waals surface area (Å²) in [6, 6.07) is 4.46. The zero-order valence-corrected chi connectivity index (χ0v) is 12.9. The Bertz CT molecular complexity index is 429. The number of aryl methyl sites for hydroxylation is 3. The molecule has 112 valence electrons. The summed E-state index contributed by atoms with van der Waals surface area (Å²) in [6.07, 6.45) is 4.56. The molecule has 0 bridgehead atoms. The number of hydrogen-bond acceptors (Lipinski definition) is 2. The summed E-state index contributed by atoms with van der Waals surface area (Å²) in [4.78, 5) is 10.6. The molecule has 0 fully saturated rings. The van der Waals surface area contributed by atoms with Crippen LogP contribution < -0.4 is 5.73 Å². The second-order valence-corrected chi connectivity index (χ2v) is 5.28. The van der Waals surface area contributed by atoms with Gasteiger partial charge >= 0.3 is 5.97 Å². The van der Waals surface area contributed by atoms with Crippen molar-refractivity contribution in [2.24, 2.45) is 5.73 Å². The number of aliphatic carboxylic acids is 1. The quantitative estimate of drug-likeness (QED) is 0.762. The second kappa shape index (κ2) is 8.05. The fourth-order valence-electron chi connectivity index (χ4n) is 2.73. The molecule has 3 N–H and O–H groups in total. The Hall–Kier alpha value is -1.35. The zero-order chi connectivity index (χ0) is 15.1. The highest BCUT2D eigenvalue weighted by Crippen LogP contribution is 2.27. The average molecular weight is 277 g/mol. The molecule has 0 aliphatic heterocycles. The average Bonchev–Trinajstić information content (AvgIpc) is 2.44. The van der Waals surface area contributed by atoms with Gasteiger partial charge in [-0.05, 0) is 54.4 Å². The highest BCUT2D eigenvalue weighted by Gasteiger charge is 2.15. The molecule has 1 unspecified atom stereocenters. The number of hydrogen-bond donors (Lipinski definition) is 2. The molecule has 0 saturated heterocycles. The minimum atomic E-state index is -0.745. The van der Waals surface area contributed by atoms with Crippen LogP contribution in [0, 0.1) is 0 Å². The summed E-state index contributed by atoms with van der Waals surface area (Å²) in [5, 5.41) is 8.73. The van der Waals surface area contributed by atoms with Crippen LogP contribution in [0.4, 0.5) is 0 Å². The van der Waals surface area contributed by atoms with Crippen molar-refractivity contribution >= 4 is 5.97 Å². The lowest BCUT2D eigenvalue weighted by molar-refractivity contribution is -0.137. The van der Waals surface area contributed by atoms with Gasteiger partial charge in [-0.2, -0.15) is 0 Å². The standard InChI is InChI=1S/C17H27NO2/c1-4-12-10-13(5-2)17(14(6-3)11-12)15(18)8-7-9-16(19)20/h10-11,15H,4-9,18H2,1-3H3,(H,19,20). The third-order valence-electron chi connectivity index (χ3n) is 3.86. The van der Waals surface area contributed by atoms with Gasteiger partial charge in [0, 0.05) is 12.5 Å². The summed E-state index contributed by atoms with van der Waals surface area (Å²) in [5.41, 5.74) is 11.6. The van der Waals surface area contributed by atoms with E-state index in [4.69, 9.17) is 10.8 Å². The van der Waals surface area contributed by atoms with E-state index in [1.807, 2.05) is 0 Å². The Kier molecular flexibility index (Phi) is 6.73. The molecule has 0 radical (unpaired) electrons. The van der Waals surface area contributed by atoms with Gasteiger partial charge in [0.05, 0.1) is 0 Å². The van der Waals surface area contributed by atoms with Gasteiger partial charge in [-0.15, -0.1) is 0 Å². The van der Waals surface area contributed by atoms with Crippen molar-refractivity contribution in [2.45, 2.75) is 65.3 Å². The highest BCUT2D eigenvalue weighted by molar-refractivity contribution is 5.66. The van der Waals surface area contributed by atoms with Crippen LogP contribution >= 0.6 is 0 Å². The first-order chi connectivity index (χ1) is 9.53. The van der Waals surface area contributed by atoms with Crippen molar-refractivity contribution in [2.75, 3.05) is 0 Å². The molecule has 0 heterocycles. The van der Waals surface area contributed by atoms with Crippen LogP contribution in [-0.4, -0.2) is 11.1 Å². The molecule has 1 aromatic carbocycles. The van der Waals surface area contributed by atoms with Crippen LogP contribution in [0.1, 0.15) is 68.3 Å². The topological polar surface area (TPSA) is 63.3 Å². The Balaban J connectivity index is 2.98. The van der Waals surface area contributed by atoms with Crippen molar-refractivity contribution in [3.8, 4) is 0 Å². The predicted octanol–water partition coefficient (Wildman–Crippen LogP) is 3.63. The summed E-state index contributed by atoms with van der Waals surface area (Å²) in [7, 11) is 0. The molecule has 0 aliphatic rings. The summed E-state index contributed by atoms with van der Waals surface area (Å²) in [5.74, 6) is -0.745. The van der Waals surface area contributed by atoms with Crippen LogP contribution in [0.2, 0.25) is 0 Å². The van der Waals surface area contributed by atoms with Gasteiger partial charge in [0.15, 0.2) is 0 Å². The molecule has 1 rings (SSSR count). The lowest BCUT2D eigenvalue weighted by atomic mass is 9.88. The summed E-state index contributed by atoms with van der Waals surface area (Å²) >= 11 is 0. The molecular formula is C17H27NO2. The monoisotopic (exact) mass is 277 g/mol. The van der Waals surface area contributed by atoms with E-state index in [0.717, 1.165) is 25.7 Å². The Morgan fingerprint density at radius 3 is 2.10 bits per heavy atom. The van der Waals surface area contributed by atoms with E-state index in [-0.39, 0.29) is 12.5 Å². The number of benzene rings is 1. The van der Waals surface area contributed by atoms with Gasteiger partial charge in [-0.25, -0.2) is 0 Å². The second-order valence-electron chi connectivity index (χ2n) is 5.28. The number of rotatable bonds is 8. The van der Waals surface area contributed by atoms with E-state index in [1.54, 1.807) is 0 Å². The first-order valence-electron chi connectivity index (χ1n) is 7.65. The fourth-order valence-corrected chi connectivity index (χ4v) is 2.73. The third kappa shape index (κ3) is 4.34. The number of carboxylic acid groups (broad SMARTS) is 1. The lowest BCUT2D eigenvalue weighted by Gasteiger charge is -2.21. The molecule has 20 heavy (non-hydrogen) atoms. The molecule has 0 saturated carbocycles. The fraction of sp³-hybridized carbons (Fsp3) is 0.588. The van der Waals surface area contributed by atoms with Gasteiger partial charge < -0.3 is 10.8 Å². The molecule has 0 amide bonds. The first kappa shape index (κ1) is 16.7. The minimum Gasteiger partial charge on any atom is -0.481 e. The molecule has 0 aliphatic carbocycles. The van der Waals surface area contributed by atoms with Crippen molar-refractivity contribution in [1.82, 2.24) is 0 Å². The molecule has 3 heteroatoms. The lowest BCUT2D eigenvalue weighted by Crippen LogP contribution is -2.16. The molecule has 0 spiro atoms. The van der Waals surface area contributed by atoms with Crippen molar-refractivity contribution < 1.29 is 9.90 Å². The van der Waals surface area contributed by atoms with Gasteiger partial charge in [0.25, 0.3) is 0 Å². The van der Waals surface area contributed by atoms with Crippen LogP contribution in [0.3, 0.4) is 0 Å². The van der Waals surface area contributed by atoms with Crippen molar-refractivity contribution in [3.05, 3.63) is 34.4 Å². The summed E-state index contributed by atoms with van der Waals surface area (Å²) < 4.78 is 0. The minimum absolute atomic E-state index is 0.0508. The first-order valence-corrected chi connectivity index (χ1v) is 7.65. The van der Waals surface area contributed by atoms with Crippen LogP contribution in [0.5, 0.6) is 0 Å². The van der Waals surface area contributed by atoms with Crippen LogP contribution in [0.25, 0.3) is 0 Å². The third-order valence-corrected chi connectivity index (χ3v) is 3.86. The molecule has 0 aromatic heterocycles. The van der Waals surface area contributed by atoms with Crippen molar-refractivity contribution in [1.29, 1.82) is 0 Å². The van der Waals surface area contributed by atoms with Gasteiger partial charge in [0.1, 0.15) is 0 Å². The highest BCUT2D eigenvalue weighted by atomic mass is 16.4. The Labute approximate surface area is 122 Å². The van der Waals surface area contributed by atoms with E-state index >= 15 is 0 Å². The smallest absolute Gasteiger partial charge is 0.303 e. The summed E-state index contributed by atoms with van der Waals surface area (Å²) in [6.45, 7) is 6.48. The van der Waals surface area contributed by atoms with Crippen molar-refractivity contribution in [3.63, 3.8) is 0 Å². The largest absolute Gasteiger partial charge is 0.481 e. The molecule has 1 atom stereocenters. The normalized spacial score (nSPS) is 12.4. The van der Waals surface area contributed by atoms with E-state index < -0.39 is 5.97 Å². The van der Waals surface area contributed by atoms with Gasteiger partial charge in [0.2, 0.25) is 0 Å². The van der Waals surface area contributed by atoms with Crippen LogP contribution in [0.15, 0.2) is 12.1 Å². The zero-order valence-electron chi connectivity index (χ0n) is 12.9. The van der Waals surface area contributed by atoms with Crippen LogP contribution in [-0.2, 0) is 24.1 Å². The molecule has 3 nitrogen and oxygen atoms in total. The number of carbonyl (C=O) groups is 1. The molecule has 1 aromatic rings.